The molecule has 1 aliphatic rings. The minimum Gasteiger partial charge on any atom is -0.287 e. The normalized spacial score (nSPS) is 16.9. The lowest BCUT2D eigenvalue weighted by molar-refractivity contribution is 0.0221. The van der Waals surface area contributed by atoms with Gasteiger partial charge in [0.25, 0.3) is 0 Å². The number of rotatable bonds is 3. The van der Waals surface area contributed by atoms with E-state index in [2.05, 4.69) is 0 Å². The topological polar surface area (TPSA) is 17.1 Å². The van der Waals surface area contributed by atoms with Crippen molar-refractivity contribution >= 4 is 5.78 Å². The summed E-state index contributed by atoms with van der Waals surface area (Å²) < 4.78 is 25.8. The first-order valence-electron chi connectivity index (χ1n) is 5.51. The fraction of sp³-hybridized carbons (Fsp3) is 0.462. The van der Waals surface area contributed by atoms with Crippen molar-refractivity contribution in [3.8, 4) is 0 Å². The Labute approximate surface area is 93.5 Å². The van der Waals surface area contributed by atoms with Gasteiger partial charge in [-0.05, 0) is 30.4 Å². The summed E-state index contributed by atoms with van der Waals surface area (Å²) in [6.07, 6.45) is 3.38. The van der Waals surface area contributed by atoms with E-state index in [1.165, 1.54) is 12.5 Å². The number of hydrogen-bond donors (Lipinski definition) is 0. The molecule has 0 unspecified atom stereocenters. The van der Waals surface area contributed by atoms with Gasteiger partial charge >= 0.3 is 5.92 Å². The first kappa shape index (κ1) is 11.2. The van der Waals surface area contributed by atoms with Crippen LogP contribution in [0.2, 0.25) is 0 Å². The highest BCUT2D eigenvalue weighted by Crippen LogP contribution is 2.36. The maximum absolute atomic E-state index is 12.9. The summed E-state index contributed by atoms with van der Waals surface area (Å²) in [5.74, 6) is -3.91. The number of hydrogen-bond acceptors (Lipinski definition) is 1. The van der Waals surface area contributed by atoms with Crippen molar-refractivity contribution in [2.24, 2.45) is 0 Å². The van der Waals surface area contributed by atoms with Crippen LogP contribution in [0.15, 0.2) is 24.3 Å². The van der Waals surface area contributed by atoms with Crippen LogP contribution in [0, 0.1) is 0 Å². The molecule has 16 heavy (non-hydrogen) atoms. The summed E-state index contributed by atoms with van der Waals surface area (Å²) in [5, 5.41) is 0. The second-order valence-electron chi connectivity index (χ2n) is 4.47. The average Bonchev–Trinajstić information content (AvgIpc) is 2.13. The highest BCUT2D eigenvalue weighted by atomic mass is 19.3. The smallest absolute Gasteiger partial charge is 0.287 e. The van der Waals surface area contributed by atoms with Gasteiger partial charge in [-0.15, -0.1) is 0 Å². The van der Waals surface area contributed by atoms with Crippen LogP contribution >= 0.6 is 0 Å². The molecule has 1 nitrogen and oxygen atoms in total. The van der Waals surface area contributed by atoms with E-state index < -0.39 is 11.7 Å². The lowest BCUT2D eigenvalue weighted by atomic mass is 9.79. The molecule has 86 valence electrons. The minimum atomic E-state index is -3.28. The van der Waals surface area contributed by atoms with Gasteiger partial charge in [0, 0.05) is 12.5 Å². The van der Waals surface area contributed by atoms with Crippen LogP contribution in [0.25, 0.3) is 0 Å². The molecule has 1 fully saturated rings. The van der Waals surface area contributed by atoms with Gasteiger partial charge in [-0.25, -0.2) is 0 Å². The van der Waals surface area contributed by atoms with Gasteiger partial charge in [-0.2, -0.15) is 8.78 Å². The van der Waals surface area contributed by atoms with Gasteiger partial charge in [-0.1, -0.05) is 24.6 Å². The third-order valence-corrected chi connectivity index (χ3v) is 3.12. The molecule has 0 aromatic heterocycles. The number of ketones is 1. The van der Waals surface area contributed by atoms with Crippen LogP contribution in [-0.4, -0.2) is 11.7 Å². The zero-order valence-electron chi connectivity index (χ0n) is 9.17. The number of benzene rings is 1. The summed E-state index contributed by atoms with van der Waals surface area (Å²) in [4.78, 5) is 11.4. The molecule has 0 heterocycles. The first-order valence-corrected chi connectivity index (χ1v) is 5.51. The molecule has 1 aromatic rings. The predicted molar refractivity (Wildman–Crippen MR) is 58.0 cm³/mol. The SMILES string of the molecule is CC(F)(F)C(=O)c1cccc(C2CCC2)c1. The second-order valence-corrected chi connectivity index (χ2v) is 4.47. The Morgan fingerprint density at radius 2 is 2.06 bits per heavy atom. The summed E-state index contributed by atoms with van der Waals surface area (Å²) in [6.45, 7) is 0.644. The van der Waals surface area contributed by atoms with Crippen LogP contribution in [0.5, 0.6) is 0 Å². The molecule has 1 saturated carbocycles. The molecule has 0 bridgehead atoms. The lowest BCUT2D eigenvalue weighted by Gasteiger charge is -2.26. The van der Waals surface area contributed by atoms with Gasteiger partial charge in [0.2, 0.25) is 5.78 Å². The molecule has 0 aliphatic heterocycles. The minimum absolute atomic E-state index is 0.122. The third kappa shape index (κ3) is 2.13. The Morgan fingerprint density at radius 1 is 1.38 bits per heavy atom. The van der Waals surface area contributed by atoms with Crippen LogP contribution in [-0.2, 0) is 0 Å². The van der Waals surface area contributed by atoms with E-state index in [1.807, 2.05) is 6.07 Å². The van der Waals surface area contributed by atoms with Gasteiger partial charge in [0.1, 0.15) is 0 Å². The maximum atomic E-state index is 12.9. The van der Waals surface area contributed by atoms with E-state index in [0.29, 0.717) is 12.8 Å². The molecule has 0 atom stereocenters. The second kappa shape index (κ2) is 3.96. The molecule has 2 rings (SSSR count). The summed E-state index contributed by atoms with van der Waals surface area (Å²) in [5.41, 5.74) is 1.14. The van der Waals surface area contributed by atoms with Crippen molar-refractivity contribution in [1.29, 1.82) is 0 Å². The average molecular weight is 224 g/mol. The van der Waals surface area contributed by atoms with E-state index in [0.717, 1.165) is 18.4 Å². The van der Waals surface area contributed by atoms with Crippen LogP contribution in [0.1, 0.15) is 48.0 Å². The van der Waals surface area contributed by atoms with Crippen LogP contribution < -0.4 is 0 Å². The van der Waals surface area contributed by atoms with E-state index >= 15 is 0 Å². The summed E-state index contributed by atoms with van der Waals surface area (Å²) in [6, 6.07) is 6.67. The number of Topliss-reactive ketones (excluding diaryl/α,β-unsaturated/α-hetero) is 1. The zero-order valence-corrected chi connectivity index (χ0v) is 9.17. The van der Waals surface area contributed by atoms with E-state index in [1.54, 1.807) is 12.1 Å². The molecule has 1 aliphatic carbocycles. The van der Waals surface area contributed by atoms with E-state index in [9.17, 15) is 13.6 Å². The molecule has 0 amide bonds. The molecule has 0 saturated heterocycles. The fourth-order valence-corrected chi connectivity index (χ4v) is 1.93. The maximum Gasteiger partial charge on any atom is 0.307 e. The van der Waals surface area contributed by atoms with Gasteiger partial charge in [0.05, 0.1) is 0 Å². The van der Waals surface area contributed by atoms with Gasteiger partial charge < -0.3 is 0 Å². The number of carbonyl (C=O) groups is 1. The Kier molecular flexibility index (Phi) is 2.78. The number of alkyl halides is 2. The fourth-order valence-electron chi connectivity index (χ4n) is 1.93. The number of halogens is 2. The van der Waals surface area contributed by atoms with Gasteiger partial charge in [0.15, 0.2) is 0 Å². The lowest BCUT2D eigenvalue weighted by Crippen LogP contribution is -2.24. The molecular formula is C13H14F2O. The quantitative estimate of drug-likeness (QED) is 0.714. The molecule has 3 heteroatoms. The van der Waals surface area contributed by atoms with Crippen LogP contribution in [0.4, 0.5) is 8.78 Å². The molecule has 0 N–H and O–H groups in total. The summed E-state index contributed by atoms with van der Waals surface area (Å²) in [7, 11) is 0. The highest BCUT2D eigenvalue weighted by Gasteiger charge is 2.33. The third-order valence-electron chi connectivity index (χ3n) is 3.12. The molecule has 0 spiro atoms. The monoisotopic (exact) mass is 224 g/mol. The zero-order chi connectivity index (χ0) is 11.8. The Hall–Kier alpha value is -1.25. The van der Waals surface area contributed by atoms with E-state index in [4.69, 9.17) is 0 Å². The van der Waals surface area contributed by atoms with Crippen molar-refractivity contribution in [2.45, 2.75) is 38.0 Å². The Balaban J connectivity index is 2.25. The molecular weight excluding hydrogens is 210 g/mol. The van der Waals surface area contributed by atoms with Crippen molar-refractivity contribution < 1.29 is 13.6 Å². The first-order chi connectivity index (χ1) is 7.48. The summed E-state index contributed by atoms with van der Waals surface area (Å²) >= 11 is 0. The van der Waals surface area contributed by atoms with Crippen molar-refractivity contribution in [1.82, 2.24) is 0 Å². The molecule has 1 aromatic carbocycles. The predicted octanol–water partition coefficient (Wildman–Crippen LogP) is 3.79. The Bertz CT molecular complexity index is 403. The van der Waals surface area contributed by atoms with Gasteiger partial charge in [-0.3, -0.25) is 4.79 Å². The largest absolute Gasteiger partial charge is 0.307 e. The number of carbonyl (C=O) groups excluding carboxylic acids is 1. The standard InChI is InChI=1S/C13H14F2O/c1-13(14,15)12(16)11-7-3-6-10(8-11)9-4-2-5-9/h3,6-9H,2,4-5H2,1H3. The molecule has 0 radical (unpaired) electrons. The van der Waals surface area contributed by atoms with Crippen molar-refractivity contribution in [2.75, 3.05) is 0 Å². The van der Waals surface area contributed by atoms with Crippen molar-refractivity contribution in [3.05, 3.63) is 35.4 Å². The van der Waals surface area contributed by atoms with Crippen molar-refractivity contribution in [3.63, 3.8) is 0 Å². The highest BCUT2D eigenvalue weighted by molar-refractivity contribution is 6.01. The van der Waals surface area contributed by atoms with Crippen LogP contribution in [0.3, 0.4) is 0 Å². The Morgan fingerprint density at radius 3 is 2.56 bits per heavy atom. The van der Waals surface area contributed by atoms with E-state index in [-0.39, 0.29) is 5.56 Å².